The van der Waals surface area contributed by atoms with Crippen LogP contribution in [-0.4, -0.2) is 17.7 Å². The summed E-state index contributed by atoms with van der Waals surface area (Å²) in [5.41, 5.74) is 7.32. The number of H-pyrrole nitrogens is 1. The lowest BCUT2D eigenvalue weighted by Crippen LogP contribution is -2.18. The predicted molar refractivity (Wildman–Crippen MR) is 147 cm³/mol. The van der Waals surface area contributed by atoms with Gasteiger partial charge in [-0.15, -0.1) is 11.3 Å². The van der Waals surface area contributed by atoms with Crippen molar-refractivity contribution >= 4 is 34.2 Å². The molecule has 0 fully saturated rings. The number of aliphatic imine (C=N–C) groups is 1. The van der Waals surface area contributed by atoms with E-state index in [2.05, 4.69) is 109 Å². The fraction of sp³-hybridized carbons (Fsp3) is 0.129. The zero-order valence-electron chi connectivity index (χ0n) is 19.6. The highest BCUT2D eigenvalue weighted by molar-refractivity contribution is 7.11. The Hall–Kier alpha value is -3.89. The maximum atomic E-state index is 6.53. The number of allylic oxidation sites excluding steroid dienone is 1. The van der Waals surface area contributed by atoms with E-state index in [1.807, 2.05) is 6.07 Å². The minimum atomic E-state index is 0.0649. The van der Waals surface area contributed by atoms with Crippen molar-refractivity contribution in [3.05, 3.63) is 129 Å². The molecule has 0 saturated heterocycles. The number of hydrogen-bond donors (Lipinski definition) is 1. The highest BCUT2D eigenvalue weighted by atomic mass is 32.1. The zero-order chi connectivity index (χ0) is 23.6. The van der Waals surface area contributed by atoms with Crippen LogP contribution >= 0.6 is 11.3 Å². The first kappa shape index (κ1) is 21.6. The summed E-state index contributed by atoms with van der Waals surface area (Å²) in [6.45, 7) is 2.90. The molecule has 0 spiro atoms. The summed E-state index contributed by atoms with van der Waals surface area (Å²) in [7, 11) is 0. The molecule has 172 valence electrons. The minimum Gasteiger partial charge on any atom is -0.455 e. The number of ether oxygens (including phenoxy) is 1. The Morgan fingerprint density at radius 1 is 0.914 bits per heavy atom. The van der Waals surface area contributed by atoms with Crippen LogP contribution in [0.2, 0.25) is 0 Å². The average molecular weight is 475 g/mol. The topological polar surface area (TPSA) is 37.4 Å². The minimum absolute atomic E-state index is 0.0649. The highest BCUT2D eigenvalue weighted by Crippen LogP contribution is 2.46. The number of benzene rings is 3. The smallest absolute Gasteiger partial charge is 0.150 e. The fourth-order valence-corrected chi connectivity index (χ4v) is 5.67. The van der Waals surface area contributed by atoms with Crippen LogP contribution in [0.4, 0.5) is 0 Å². The molecule has 3 aromatic carbocycles. The molecule has 3 nitrogen and oxygen atoms in total. The Labute approximate surface area is 209 Å². The van der Waals surface area contributed by atoms with Gasteiger partial charge >= 0.3 is 0 Å². The van der Waals surface area contributed by atoms with Crippen LogP contribution < -0.4 is 4.74 Å². The Kier molecular flexibility index (Phi) is 5.81. The third-order valence-corrected chi connectivity index (χ3v) is 7.54. The summed E-state index contributed by atoms with van der Waals surface area (Å²) in [5.74, 6) is 1.89. The van der Waals surface area contributed by atoms with Crippen molar-refractivity contribution in [1.82, 2.24) is 4.98 Å². The van der Waals surface area contributed by atoms with Crippen LogP contribution in [0, 0.1) is 6.92 Å². The highest BCUT2D eigenvalue weighted by Gasteiger charge is 2.31. The summed E-state index contributed by atoms with van der Waals surface area (Å²) >= 11 is 1.70. The van der Waals surface area contributed by atoms with E-state index in [0.717, 1.165) is 28.4 Å². The molecule has 0 unspecified atom stereocenters. The molecule has 0 bridgehead atoms. The molecule has 0 saturated carbocycles. The number of aromatic amines is 1. The molecule has 4 heteroatoms. The van der Waals surface area contributed by atoms with Crippen LogP contribution in [0.25, 0.3) is 16.7 Å². The number of nitrogens with zero attached hydrogens (tertiary/aromatic N) is 1. The lowest BCUT2D eigenvalue weighted by molar-refractivity contribution is 0.490. The van der Waals surface area contributed by atoms with Crippen LogP contribution in [0.5, 0.6) is 5.75 Å². The Balaban J connectivity index is 1.40. The largest absolute Gasteiger partial charge is 0.455 e. The number of hydrogen-bond acceptors (Lipinski definition) is 3. The van der Waals surface area contributed by atoms with Gasteiger partial charge < -0.3 is 9.72 Å². The third-order valence-electron chi connectivity index (χ3n) is 6.68. The maximum Gasteiger partial charge on any atom is 0.150 e. The molecular weight excluding hydrogens is 448 g/mol. The molecule has 1 N–H and O–H groups in total. The van der Waals surface area contributed by atoms with Crippen molar-refractivity contribution in [2.45, 2.75) is 19.3 Å². The van der Waals surface area contributed by atoms with E-state index in [1.165, 1.54) is 33.2 Å². The van der Waals surface area contributed by atoms with Gasteiger partial charge in [0.25, 0.3) is 0 Å². The quantitative estimate of drug-likeness (QED) is 0.251. The van der Waals surface area contributed by atoms with Gasteiger partial charge in [-0.3, -0.25) is 4.99 Å². The first-order chi connectivity index (χ1) is 17.3. The first-order valence-electron chi connectivity index (χ1n) is 11.9. The Morgan fingerprint density at radius 3 is 2.57 bits per heavy atom. The van der Waals surface area contributed by atoms with Gasteiger partial charge in [0, 0.05) is 46.9 Å². The van der Waals surface area contributed by atoms with E-state index in [-0.39, 0.29) is 5.92 Å². The normalized spacial score (nSPS) is 15.5. The van der Waals surface area contributed by atoms with Gasteiger partial charge in [-0.05, 0) is 53.6 Å². The predicted octanol–water partition coefficient (Wildman–Crippen LogP) is 7.79. The van der Waals surface area contributed by atoms with Crippen molar-refractivity contribution < 1.29 is 4.74 Å². The summed E-state index contributed by atoms with van der Waals surface area (Å²) < 4.78 is 6.53. The van der Waals surface area contributed by atoms with E-state index < -0.39 is 0 Å². The summed E-state index contributed by atoms with van der Waals surface area (Å²) in [4.78, 5) is 9.43. The Bertz CT molecular complexity index is 1540. The van der Waals surface area contributed by atoms with Gasteiger partial charge in [0.2, 0.25) is 0 Å². The molecule has 3 heterocycles. The molecule has 0 aliphatic carbocycles. The average Bonchev–Trinajstić information content (AvgIpc) is 3.57. The fourth-order valence-electron chi connectivity index (χ4n) is 4.95. The summed E-state index contributed by atoms with van der Waals surface area (Å²) in [6.07, 6.45) is 5.04. The molecule has 5 aromatic rings. The molecule has 2 aromatic heterocycles. The van der Waals surface area contributed by atoms with Crippen molar-refractivity contribution in [3.8, 4) is 5.75 Å². The second kappa shape index (κ2) is 9.40. The number of thiophene rings is 1. The zero-order valence-corrected chi connectivity index (χ0v) is 20.4. The molecule has 1 atom stereocenters. The summed E-state index contributed by atoms with van der Waals surface area (Å²) in [6, 6.07) is 29.7. The molecule has 0 amide bonds. The van der Waals surface area contributed by atoms with Crippen LogP contribution in [0.3, 0.4) is 0 Å². The number of nitrogens with one attached hydrogen (secondary N) is 1. The molecular formula is C31H26N2OS. The Morgan fingerprint density at radius 2 is 1.71 bits per heavy atom. The molecule has 35 heavy (non-hydrogen) atoms. The number of fused-ring (bicyclic) bond motifs is 2. The van der Waals surface area contributed by atoms with Gasteiger partial charge in [-0.1, -0.05) is 66.7 Å². The monoisotopic (exact) mass is 474 g/mol. The first-order valence-corrected chi connectivity index (χ1v) is 12.8. The second-order valence-electron chi connectivity index (χ2n) is 8.84. The van der Waals surface area contributed by atoms with Gasteiger partial charge in [-0.2, -0.15) is 0 Å². The van der Waals surface area contributed by atoms with Gasteiger partial charge in [-0.25, -0.2) is 0 Å². The van der Waals surface area contributed by atoms with Gasteiger partial charge in [0.05, 0.1) is 4.88 Å². The van der Waals surface area contributed by atoms with Crippen molar-refractivity contribution in [1.29, 1.82) is 0 Å². The van der Waals surface area contributed by atoms with Crippen molar-refractivity contribution in [2.24, 2.45) is 4.99 Å². The molecule has 0 radical (unpaired) electrons. The van der Waals surface area contributed by atoms with Crippen molar-refractivity contribution in [3.63, 3.8) is 0 Å². The van der Waals surface area contributed by atoms with E-state index in [1.54, 1.807) is 11.3 Å². The lowest BCUT2D eigenvalue weighted by atomic mass is 9.80. The SMILES string of the molecule is Cc1ccccc1[C@H]1C(C=NCCc2c[nH]c3ccccc23)=C(c2cccs2)Oc2ccccc21. The van der Waals surface area contributed by atoms with E-state index in [0.29, 0.717) is 6.54 Å². The number of aryl methyl sites for hydroxylation is 1. The molecule has 6 rings (SSSR count). The third kappa shape index (κ3) is 4.11. The molecule has 1 aliphatic heterocycles. The standard InChI is InChI=1S/C31H26N2OS/c1-21-9-2-3-10-23(21)30-25-12-5-7-14-28(25)34-31(29-15-8-18-35-29)26(30)20-32-17-16-22-19-33-27-13-6-4-11-24(22)27/h2-15,18-20,30,33H,16-17H2,1H3/t30-/m1/s1. The number of aromatic nitrogens is 1. The maximum absolute atomic E-state index is 6.53. The van der Waals surface area contributed by atoms with Crippen LogP contribution in [-0.2, 0) is 6.42 Å². The number of para-hydroxylation sites is 2. The van der Waals surface area contributed by atoms with Gasteiger partial charge in [0.1, 0.15) is 11.5 Å². The number of rotatable bonds is 6. The van der Waals surface area contributed by atoms with Gasteiger partial charge in [0.15, 0.2) is 0 Å². The summed E-state index contributed by atoms with van der Waals surface area (Å²) in [5, 5.41) is 3.37. The van der Waals surface area contributed by atoms with Crippen molar-refractivity contribution in [2.75, 3.05) is 6.54 Å². The van der Waals surface area contributed by atoms with E-state index in [4.69, 9.17) is 9.73 Å². The second-order valence-corrected chi connectivity index (χ2v) is 9.78. The lowest BCUT2D eigenvalue weighted by Gasteiger charge is -2.30. The molecule has 1 aliphatic rings. The van der Waals surface area contributed by atoms with Crippen LogP contribution in [0.15, 0.2) is 107 Å². The van der Waals surface area contributed by atoms with Crippen LogP contribution in [0.1, 0.15) is 33.0 Å². The van der Waals surface area contributed by atoms with E-state index >= 15 is 0 Å². The van der Waals surface area contributed by atoms with E-state index in [9.17, 15) is 0 Å².